The minimum Gasteiger partial charge on any atom is -0.333 e. The van der Waals surface area contributed by atoms with Crippen molar-refractivity contribution < 1.29 is 22.8 Å². The molecule has 0 bridgehead atoms. The van der Waals surface area contributed by atoms with E-state index in [4.69, 9.17) is 5.26 Å². The normalized spacial score (nSPS) is 18.8. The summed E-state index contributed by atoms with van der Waals surface area (Å²) in [5, 5.41) is 8.44. The van der Waals surface area contributed by atoms with Gasteiger partial charge in [0.2, 0.25) is 0 Å². The highest BCUT2D eigenvalue weighted by atomic mass is 19.4. The molecule has 0 aromatic carbocycles. The van der Waals surface area contributed by atoms with Gasteiger partial charge < -0.3 is 9.80 Å². The number of halogens is 3. The molecule has 1 rings (SSSR count). The standard InChI is InChI=1S/C10H12F3N3O2/c1-2-15-3-4-16(9(18)8(15)17)6-7(5-14)10(11,12)13/h7H,2-4,6H2,1H3. The average molecular weight is 263 g/mol. The largest absolute Gasteiger partial charge is 0.406 e. The SMILES string of the molecule is CCN1CCN(CC(C#N)C(F)(F)F)C(=O)C1=O. The maximum absolute atomic E-state index is 12.4. The molecular formula is C10H12F3N3O2. The molecule has 1 unspecified atom stereocenters. The number of amides is 2. The molecule has 8 heteroatoms. The Morgan fingerprint density at radius 2 is 1.78 bits per heavy atom. The van der Waals surface area contributed by atoms with Crippen LogP contribution < -0.4 is 0 Å². The summed E-state index contributed by atoms with van der Waals surface area (Å²) in [6, 6.07) is 1.11. The first kappa shape index (κ1) is 14.3. The van der Waals surface area contributed by atoms with Gasteiger partial charge in [-0.15, -0.1) is 0 Å². The fourth-order valence-corrected chi connectivity index (χ4v) is 1.63. The van der Waals surface area contributed by atoms with E-state index in [2.05, 4.69) is 0 Å². The van der Waals surface area contributed by atoms with Gasteiger partial charge in [-0.2, -0.15) is 18.4 Å². The summed E-state index contributed by atoms with van der Waals surface area (Å²) < 4.78 is 37.2. The van der Waals surface area contributed by atoms with Crippen LogP contribution in [0.15, 0.2) is 0 Å². The number of alkyl halides is 3. The van der Waals surface area contributed by atoms with E-state index in [1.807, 2.05) is 0 Å². The quantitative estimate of drug-likeness (QED) is 0.691. The Kier molecular flexibility index (Phi) is 4.16. The number of hydrogen-bond donors (Lipinski definition) is 0. The summed E-state index contributed by atoms with van der Waals surface area (Å²) in [6.45, 7) is 1.43. The molecule has 1 heterocycles. The predicted octanol–water partition coefficient (Wildman–Crippen LogP) is 0.379. The summed E-state index contributed by atoms with van der Waals surface area (Å²) in [5.74, 6) is -4.06. The van der Waals surface area contributed by atoms with Crippen molar-refractivity contribution in [1.82, 2.24) is 9.80 Å². The lowest BCUT2D eigenvalue weighted by molar-refractivity contribution is -0.171. The summed E-state index contributed by atoms with van der Waals surface area (Å²) in [4.78, 5) is 25.0. The molecule has 0 aromatic rings. The molecule has 0 radical (unpaired) electrons. The second-order valence-corrected chi connectivity index (χ2v) is 3.86. The number of nitrogens with zero attached hydrogens (tertiary/aromatic N) is 3. The molecule has 1 fully saturated rings. The van der Waals surface area contributed by atoms with E-state index < -0.39 is 30.5 Å². The van der Waals surface area contributed by atoms with Crippen molar-refractivity contribution in [3.05, 3.63) is 0 Å². The average Bonchev–Trinajstić information content (AvgIpc) is 2.29. The number of carbonyl (C=O) groups is 2. The van der Waals surface area contributed by atoms with Crippen LogP contribution in [0.25, 0.3) is 0 Å². The number of rotatable bonds is 3. The van der Waals surface area contributed by atoms with Crippen LogP contribution in [-0.2, 0) is 9.59 Å². The van der Waals surface area contributed by atoms with Crippen LogP contribution in [0.5, 0.6) is 0 Å². The zero-order chi connectivity index (χ0) is 13.9. The Morgan fingerprint density at radius 1 is 1.28 bits per heavy atom. The van der Waals surface area contributed by atoms with Crippen molar-refractivity contribution in [3.8, 4) is 6.07 Å². The topological polar surface area (TPSA) is 64.4 Å². The molecule has 0 aromatic heterocycles. The first-order valence-electron chi connectivity index (χ1n) is 5.35. The molecule has 0 spiro atoms. The lowest BCUT2D eigenvalue weighted by atomic mass is 10.1. The van der Waals surface area contributed by atoms with Crippen LogP contribution in [0, 0.1) is 17.2 Å². The predicted molar refractivity (Wildman–Crippen MR) is 54.0 cm³/mol. The van der Waals surface area contributed by atoms with Gasteiger partial charge in [-0.05, 0) is 6.92 Å². The summed E-state index contributed by atoms with van der Waals surface area (Å²) in [7, 11) is 0. The number of likely N-dealkylation sites (N-methyl/N-ethyl adjacent to an activating group) is 1. The van der Waals surface area contributed by atoms with Crippen molar-refractivity contribution >= 4 is 11.8 Å². The van der Waals surface area contributed by atoms with E-state index in [0.717, 1.165) is 11.0 Å². The highest BCUT2D eigenvalue weighted by Crippen LogP contribution is 2.26. The maximum Gasteiger partial charge on any atom is 0.406 e. The minimum absolute atomic E-state index is 0.0205. The third kappa shape index (κ3) is 2.91. The van der Waals surface area contributed by atoms with Crippen LogP contribution in [0.3, 0.4) is 0 Å². The molecule has 100 valence electrons. The van der Waals surface area contributed by atoms with E-state index in [9.17, 15) is 22.8 Å². The molecule has 2 amide bonds. The first-order chi connectivity index (χ1) is 8.31. The van der Waals surface area contributed by atoms with Gasteiger partial charge in [0.05, 0.1) is 6.07 Å². The summed E-state index contributed by atoms with van der Waals surface area (Å²) in [5.41, 5.74) is 0. The maximum atomic E-state index is 12.4. The molecule has 1 atom stereocenters. The van der Waals surface area contributed by atoms with Crippen molar-refractivity contribution in [2.75, 3.05) is 26.2 Å². The van der Waals surface area contributed by atoms with E-state index in [1.165, 1.54) is 4.90 Å². The lowest BCUT2D eigenvalue weighted by Crippen LogP contribution is -2.55. The third-order valence-corrected chi connectivity index (χ3v) is 2.73. The number of nitriles is 1. The third-order valence-electron chi connectivity index (χ3n) is 2.73. The molecule has 5 nitrogen and oxygen atoms in total. The van der Waals surface area contributed by atoms with Gasteiger partial charge in [-0.1, -0.05) is 0 Å². The highest BCUT2D eigenvalue weighted by molar-refractivity contribution is 6.35. The Bertz CT molecular complexity index is 389. The van der Waals surface area contributed by atoms with Crippen molar-refractivity contribution in [2.24, 2.45) is 5.92 Å². The van der Waals surface area contributed by atoms with Gasteiger partial charge >= 0.3 is 18.0 Å². The van der Waals surface area contributed by atoms with Gasteiger partial charge in [0, 0.05) is 26.2 Å². The van der Waals surface area contributed by atoms with Gasteiger partial charge in [0.1, 0.15) is 0 Å². The molecule has 1 aliphatic heterocycles. The second kappa shape index (κ2) is 5.25. The zero-order valence-electron chi connectivity index (χ0n) is 9.70. The Morgan fingerprint density at radius 3 is 2.22 bits per heavy atom. The van der Waals surface area contributed by atoms with Crippen LogP contribution in [0.1, 0.15) is 6.92 Å². The van der Waals surface area contributed by atoms with Crippen molar-refractivity contribution in [2.45, 2.75) is 13.1 Å². The van der Waals surface area contributed by atoms with Gasteiger partial charge in [-0.3, -0.25) is 9.59 Å². The van der Waals surface area contributed by atoms with Gasteiger partial charge in [0.15, 0.2) is 5.92 Å². The van der Waals surface area contributed by atoms with Crippen molar-refractivity contribution in [1.29, 1.82) is 5.26 Å². The summed E-state index contributed by atoms with van der Waals surface area (Å²) >= 11 is 0. The smallest absolute Gasteiger partial charge is 0.333 e. The van der Waals surface area contributed by atoms with Crippen LogP contribution in [0.2, 0.25) is 0 Å². The highest BCUT2D eigenvalue weighted by Gasteiger charge is 2.43. The number of piperazine rings is 1. The molecule has 0 aliphatic carbocycles. The molecule has 0 N–H and O–H groups in total. The summed E-state index contributed by atoms with van der Waals surface area (Å²) in [6.07, 6.45) is -4.69. The lowest BCUT2D eigenvalue weighted by Gasteiger charge is -2.34. The Hall–Kier alpha value is -1.78. The Balaban J connectivity index is 2.73. The van der Waals surface area contributed by atoms with Crippen LogP contribution >= 0.6 is 0 Å². The van der Waals surface area contributed by atoms with Crippen LogP contribution in [-0.4, -0.2) is 54.0 Å². The number of carbonyl (C=O) groups excluding carboxylic acids is 2. The molecular weight excluding hydrogens is 251 g/mol. The molecule has 18 heavy (non-hydrogen) atoms. The van der Waals surface area contributed by atoms with Gasteiger partial charge in [0.25, 0.3) is 0 Å². The molecule has 1 aliphatic rings. The monoisotopic (exact) mass is 263 g/mol. The number of hydrogen-bond acceptors (Lipinski definition) is 3. The van der Waals surface area contributed by atoms with Gasteiger partial charge in [-0.25, -0.2) is 0 Å². The fourth-order valence-electron chi connectivity index (χ4n) is 1.63. The Labute approximate surface area is 102 Å². The molecule has 1 saturated heterocycles. The van der Waals surface area contributed by atoms with Crippen LogP contribution in [0.4, 0.5) is 13.2 Å². The van der Waals surface area contributed by atoms with E-state index >= 15 is 0 Å². The minimum atomic E-state index is -4.69. The second-order valence-electron chi connectivity index (χ2n) is 3.86. The first-order valence-corrected chi connectivity index (χ1v) is 5.35. The van der Waals surface area contributed by atoms with E-state index in [0.29, 0.717) is 6.54 Å². The van der Waals surface area contributed by atoms with E-state index in [1.54, 1.807) is 6.92 Å². The van der Waals surface area contributed by atoms with Crippen molar-refractivity contribution in [3.63, 3.8) is 0 Å². The van der Waals surface area contributed by atoms with E-state index in [-0.39, 0.29) is 13.1 Å². The molecule has 0 saturated carbocycles. The zero-order valence-corrected chi connectivity index (χ0v) is 9.70. The fraction of sp³-hybridized carbons (Fsp3) is 0.700.